The average Bonchev–Trinajstić information content (AvgIpc) is 2.08. The van der Waals surface area contributed by atoms with E-state index in [4.69, 9.17) is 21.8 Å². The quantitative estimate of drug-likeness (QED) is 0.829. The van der Waals surface area contributed by atoms with Gasteiger partial charge in [0.05, 0.1) is 10.7 Å². The topological polar surface area (TPSA) is 87.5 Å². The number of nitrogens with zero attached hydrogens (tertiary/aromatic N) is 1. The number of carboxylic acids is 2. The molecule has 0 atom stereocenters. The number of hydrogen-bond acceptors (Lipinski definition) is 3. The summed E-state index contributed by atoms with van der Waals surface area (Å²) in [6, 6.07) is 1.39. The van der Waals surface area contributed by atoms with E-state index >= 15 is 0 Å². The van der Waals surface area contributed by atoms with Crippen molar-refractivity contribution in [2.24, 2.45) is 0 Å². The van der Waals surface area contributed by atoms with E-state index in [1.54, 1.807) is 0 Å². The Bertz CT molecular complexity index is 409. The van der Waals surface area contributed by atoms with Gasteiger partial charge in [-0.2, -0.15) is 0 Å². The second-order valence-electron chi connectivity index (χ2n) is 2.63. The minimum Gasteiger partial charge on any atom is -0.480 e. The maximum atomic E-state index is 10.7. The van der Waals surface area contributed by atoms with Gasteiger partial charge in [-0.15, -0.1) is 0 Å². The molecule has 7 heteroatoms. The van der Waals surface area contributed by atoms with Crippen LogP contribution in [0, 0.1) is 0 Å². The molecular weight excluding hydrogens is 289 g/mol. The summed E-state index contributed by atoms with van der Waals surface area (Å²) in [4.78, 5) is 25.1. The fraction of sp³-hybridized carbons (Fsp3) is 0.125. The lowest BCUT2D eigenvalue weighted by atomic mass is 10.1. The Morgan fingerprint density at radius 2 is 1.93 bits per heavy atom. The summed E-state index contributed by atoms with van der Waals surface area (Å²) in [6.07, 6.45) is 1.29. The maximum absolute atomic E-state index is 10.7. The van der Waals surface area contributed by atoms with E-state index in [0.717, 1.165) is 0 Å². The summed E-state index contributed by atoms with van der Waals surface area (Å²) >= 11 is 8.77. The van der Waals surface area contributed by atoms with Gasteiger partial charge in [0.15, 0.2) is 5.92 Å². The first-order chi connectivity index (χ1) is 6.93. The van der Waals surface area contributed by atoms with Gasteiger partial charge >= 0.3 is 11.9 Å². The molecule has 0 fully saturated rings. The van der Waals surface area contributed by atoms with Crippen LogP contribution in [-0.2, 0) is 9.59 Å². The third-order valence-corrected chi connectivity index (χ3v) is 2.34. The third-order valence-electron chi connectivity index (χ3n) is 1.60. The predicted molar refractivity (Wildman–Crippen MR) is 55.0 cm³/mol. The van der Waals surface area contributed by atoms with Crippen molar-refractivity contribution in [2.45, 2.75) is 5.92 Å². The second kappa shape index (κ2) is 4.59. The zero-order valence-corrected chi connectivity index (χ0v) is 9.49. The number of aliphatic carboxylic acids is 2. The molecule has 0 aliphatic carbocycles. The number of halogens is 2. The molecule has 15 heavy (non-hydrogen) atoms. The van der Waals surface area contributed by atoms with Crippen LogP contribution < -0.4 is 0 Å². The summed E-state index contributed by atoms with van der Waals surface area (Å²) in [7, 11) is 0. The number of carboxylic acid groups (broad SMARTS) is 2. The molecule has 5 nitrogen and oxygen atoms in total. The molecule has 80 valence electrons. The van der Waals surface area contributed by atoms with Gasteiger partial charge < -0.3 is 10.2 Å². The van der Waals surface area contributed by atoms with Crippen LogP contribution in [0.3, 0.4) is 0 Å². The lowest BCUT2D eigenvalue weighted by Gasteiger charge is -2.08. The first-order valence-electron chi connectivity index (χ1n) is 3.70. The van der Waals surface area contributed by atoms with Crippen LogP contribution in [0.25, 0.3) is 0 Å². The molecule has 0 aliphatic rings. The normalized spacial score (nSPS) is 10.3. The van der Waals surface area contributed by atoms with Gasteiger partial charge in [-0.3, -0.25) is 14.6 Å². The molecule has 0 amide bonds. The Morgan fingerprint density at radius 1 is 1.40 bits per heavy atom. The van der Waals surface area contributed by atoms with Crippen LogP contribution >= 0.6 is 27.5 Å². The highest BCUT2D eigenvalue weighted by Crippen LogP contribution is 2.25. The summed E-state index contributed by atoms with van der Waals surface area (Å²) in [6.45, 7) is 0. The molecule has 1 aromatic heterocycles. The fourth-order valence-corrected chi connectivity index (χ4v) is 1.72. The monoisotopic (exact) mass is 293 g/mol. The van der Waals surface area contributed by atoms with Crippen molar-refractivity contribution in [1.29, 1.82) is 0 Å². The molecule has 1 heterocycles. The third kappa shape index (κ3) is 2.66. The zero-order valence-electron chi connectivity index (χ0n) is 7.15. The molecule has 0 bridgehead atoms. The molecule has 0 aliphatic heterocycles. The van der Waals surface area contributed by atoms with Crippen LogP contribution in [0.1, 0.15) is 11.6 Å². The van der Waals surface area contributed by atoms with Crippen molar-refractivity contribution >= 4 is 39.5 Å². The van der Waals surface area contributed by atoms with E-state index in [1.807, 2.05) is 0 Å². The number of hydrogen-bond donors (Lipinski definition) is 2. The van der Waals surface area contributed by atoms with E-state index in [2.05, 4.69) is 20.9 Å². The Labute approximate surface area is 97.8 Å². The Morgan fingerprint density at radius 3 is 2.33 bits per heavy atom. The lowest BCUT2D eigenvalue weighted by Crippen LogP contribution is -2.22. The number of rotatable bonds is 3. The highest BCUT2D eigenvalue weighted by molar-refractivity contribution is 9.10. The minimum absolute atomic E-state index is 0.000764. The molecule has 0 spiro atoms. The summed E-state index contributed by atoms with van der Waals surface area (Å²) in [5.74, 6) is -4.75. The van der Waals surface area contributed by atoms with Crippen molar-refractivity contribution in [1.82, 2.24) is 4.98 Å². The van der Waals surface area contributed by atoms with Crippen molar-refractivity contribution in [2.75, 3.05) is 0 Å². The number of aromatic nitrogens is 1. The van der Waals surface area contributed by atoms with Crippen molar-refractivity contribution < 1.29 is 19.8 Å². The fourth-order valence-electron chi connectivity index (χ4n) is 0.977. The van der Waals surface area contributed by atoms with Crippen molar-refractivity contribution in [3.63, 3.8) is 0 Å². The van der Waals surface area contributed by atoms with Crippen LogP contribution in [0.2, 0.25) is 5.02 Å². The van der Waals surface area contributed by atoms with Crippen LogP contribution in [0.4, 0.5) is 0 Å². The molecule has 0 unspecified atom stereocenters. The molecule has 0 aromatic carbocycles. The molecule has 0 radical (unpaired) electrons. The molecular formula is C8H5BrClNO4. The van der Waals surface area contributed by atoms with E-state index in [1.165, 1.54) is 12.3 Å². The molecule has 1 aromatic rings. The predicted octanol–water partition coefficient (Wildman–Crippen LogP) is 1.75. The number of carbonyl (C=O) groups is 2. The first-order valence-corrected chi connectivity index (χ1v) is 4.87. The zero-order chi connectivity index (χ0) is 11.6. The van der Waals surface area contributed by atoms with Crippen LogP contribution in [0.5, 0.6) is 0 Å². The van der Waals surface area contributed by atoms with Gasteiger partial charge in [-0.05, 0) is 22.0 Å². The smallest absolute Gasteiger partial charge is 0.324 e. The largest absolute Gasteiger partial charge is 0.480 e. The molecule has 2 N–H and O–H groups in total. The Balaban J connectivity index is 3.23. The van der Waals surface area contributed by atoms with Gasteiger partial charge in [0.2, 0.25) is 0 Å². The van der Waals surface area contributed by atoms with E-state index in [0.29, 0.717) is 4.47 Å². The molecule has 1 rings (SSSR count). The highest BCUT2D eigenvalue weighted by Gasteiger charge is 2.31. The van der Waals surface area contributed by atoms with Crippen LogP contribution in [-0.4, -0.2) is 27.1 Å². The summed E-state index contributed by atoms with van der Waals surface area (Å²) in [5.41, 5.74) is -0.181. The Kier molecular flexibility index (Phi) is 3.65. The molecule has 0 saturated carbocycles. The average molecular weight is 294 g/mol. The molecule has 0 saturated heterocycles. The second-order valence-corrected chi connectivity index (χ2v) is 3.95. The van der Waals surface area contributed by atoms with Gasteiger partial charge in [-0.1, -0.05) is 11.6 Å². The SMILES string of the molecule is O=C(O)C(C(=O)O)c1ncc(Br)cc1Cl. The van der Waals surface area contributed by atoms with Crippen molar-refractivity contribution in [3.8, 4) is 0 Å². The summed E-state index contributed by atoms with van der Waals surface area (Å²) < 4.78 is 0.547. The van der Waals surface area contributed by atoms with E-state index in [-0.39, 0.29) is 10.7 Å². The minimum atomic E-state index is -1.74. The standard InChI is InChI=1S/C8H5BrClNO4/c9-3-1-4(10)6(11-2-3)5(7(12)13)8(14)15/h1-2,5H,(H,12,13)(H,14,15). The van der Waals surface area contributed by atoms with Crippen LogP contribution in [0.15, 0.2) is 16.7 Å². The summed E-state index contributed by atoms with van der Waals surface area (Å²) in [5, 5.41) is 17.4. The first kappa shape index (κ1) is 11.9. The van der Waals surface area contributed by atoms with E-state index < -0.39 is 17.9 Å². The number of pyridine rings is 1. The lowest BCUT2D eigenvalue weighted by molar-refractivity contribution is -0.150. The van der Waals surface area contributed by atoms with Crippen molar-refractivity contribution in [3.05, 3.63) is 27.5 Å². The van der Waals surface area contributed by atoms with Gasteiger partial charge in [0.25, 0.3) is 0 Å². The highest BCUT2D eigenvalue weighted by atomic mass is 79.9. The Hall–Kier alpha value is -1.14. The maximum Gasteiger partial charge on any atom is 0.324 e. The van der Waals surface area contributed by atoms with E-state index in [9.17, 15) is 9.59 Å². The van der Waals surface area contributed by atoms with Gasteiger partial charge in [0, 0.05) is 10.7 Å². The van der Waals surface area contributed by atoms with Gasteiger partial charge in [-0.25, -0.2) is 0 Å². The van der Waals surface area contributed by atoms with Gasteiger partial charge in [0.1, 0.15) is 0 Å².